The van der Waals surface area contributed by atoms with Crippen LogP contribution in [0.4, 0.5) is 5.69 Å². The average Bonchev–Trinajstić information content (AvgIpc) is 2.81. The van der Waals surface area contributed by atoms with E-state index in [1.807, 2.05) is 37.4 Å². The van der Waals surface area contributed by atoms with Gasteiger partial charge in [0.15, 0.2) is 5.11 Å². The Bertz CT molecular complexity index is 652. The summed E-state index contributed by atoms with van der Waals surface area (Å²) in [5.41, 5.74) is 5.35. The highest BCUT2D eigenvalue weighted by Gasteiger charge is 2.03. The lowest BCUT2D eigenvalue weighted by Crippen LogP contribution is -2.24. The van der Waals surface area contributed by atoms with Crippen LogP contribution in [0.1, 0.15) is 16.3 Å². The monoisotopic (exact) mass is 324 g/mol. The lowest BCUT2D eigenvalue weighted by molar-refractivity contribution is 1.05. The molecule has 0 aliphatic rings. The van der Waals surface area contributed by atoms with Crippen LogP contribution in [0.2, 0.25) is 5.02 Å². The van der Waals surface area contributed by atoms with Crippen molar-refractivity contribution in [2.24, 2.45) is 5.10 Å². The molecule has 104 valence electrons. The van der Waals surface area contributed by atoms with E-state index in [9.17, 15) is 0 Å². The Morgan fingerprint density at radius 3 is 2.95 bits per heavy atom. The quantitative estimate of drug-likeness (QED) is 0.513. The summed E-state index contributed by atoms with van der Waals surface area (Å²) in [7, 11) is 0. The third-order valence-corrected chi connectivity index (χ3v) is 3.91. The second kappa shape index (κ2) is 6.78. The van der Waals surface area contributed by atoms with Gasteiger partial charge < -0.3 is 5.32 Å². The molecule has 0 atom stereocenters. The third kappa shape index (κ3) is 4.00. The molecule has 0 saturated carbocycles. The van der Waals surface area contributed by atoms with Gasteiger partial charge in [-0.05, 0) is 43.8 Å². The first kappa shape index (κ1) is 14.9. The zero-order valence-electron chi connectivity index (χ0n) is 11.0. The van der Waals surface area contributed by atoms with Gasteiger partial charge in [0.2, 0.25) is 0 Å². The predicted octanol–water partition coefficient (Wildman–Crippen LogP) is 3.73. The molecule has 1 aromatic carbocycles. The van der Waals surface area contributed by atoms with Crippen molar-refractivity contribution in [2.45, 2.75) is 13.8 Å². The summed E-state index contributed by atoms with van der Waals surface area (Å²) in [5, 5.41) is 11.1. The minimum Gasteiger partial charge on any atom is -0.331 e. The Morgan fingerprint density at radius 1 is 1.45 bits per heavy atom. The van der Waals surface area contributed by atoms with Gasteiger partial charge in [0, 0.05) is 16.1 Å². The van der Waals surface area contributed by atoms with Crippen LogP contribution in [0.3, 0.4) is 0 Å². The van der Waals surface area contributed by atoms with E-state index in [2.05, 4.69) is 20.8 Å². The first-order chi connectivity index (χ1) is 9.56. The minimum absolute atomic E-state index is 0.401. The summed E-state index contributed by atoms with van der Waals surface area (Å²) in [6.45, 7) is 3.87. The molecule has 0 saturated heterocycles. The lowest BCUT2D eigenvalue weighted by atomic mass is 10.2. The van der Waals surface area contributed by atoms with Crippen molar-refractivity contribution in [3.05, 3.63) is 44.9 Å². The highest BCUT2D eigenvalue weighted by atomic mass is 35.5. The van der Waals surface area contributed by atoms with Crippen LogP contribution in [0, 0.1) is 13.8 Å². The van der Waals surface area contributed by atoms with Gasteiger partial charge in [-0.3, -0.25) is 5.43 Å². The maximum Gasteiger partial charge on any atom is 0.191 e. The first-order valence-corrected chi connectivity index (χ1v) is 7.50. The maximum absolute atomic E-state index is 6.04. The van der Waals surface area contributed by atoms with Gasteiger partial charge in [-0.15, -0.1) is 11.3 Å². The Labute approximate surface area is 131 Å². The largest absolute Gasteiger partial charge is 0.331 e. The van der Waals surface area contributed by atoms with Crippen molar-refractivity contribution >= 4 is 52.2 Å². The van der Waals surface area contributed by atoms with Gasteiger partial charge in [0.05, 0.1) is 16.9 Å². The molecule has 0 fully saturated rings. The fourth-order valence-electron chi connectivity index (χ4n) is 1.49. The molecule has 2 rings (SSSR count). The van der Waals surface area contributed by atoms with Gasteiger partial charge in [-0.25, -0.2) is 4.98 Å². The highest BCUT2D eigenvalue weighted by molar-refractivity contribution is 7.80. The molecule has 0 unspecified atom stereocenters. The molecule has 4 nitrogen and oxygen atoms in total. The standard InChI is InChI=1S/C13H13ClN4S2/c1-8-11(14)4-3-5-12(8)17-13(19)18-15-6-10-7-20-9(2)16-10/h3-7H,1-2H3,(H2,17,18,19)/b15-6+. The number of halogens is 1. The van der Waals surface area contributed by atoms with Crippen LogP contribution < -0.4 is 10.7 Å². The Balaban J connectivity index is 1.93. The molecule has 2 aromatic rings. The number of nitrogens with one attached hydrogen (secondary N) is 2. The lowest BCUT2D eigenvalue weighted by Gasteiger charge is -2.10. The maximum atomic E-state index is 6.04. The molecule has 0 aliphatic carbocycles. The molecule has 0 aliphatic heterocycles. The number of hydrogen-bond donors (Lipinski definition) is 2. The summed E-state index contributed by atoms with van der Waals surface area (Å²) in [5.74, 6) is 0. The van der Waals surface area contributed by atoms with Crippen LogP contribution in [0.15, 0.2) is 28.7 Å². The van der Waals surface area contributed by atoms with E-state index in [1.54, 1.807) is 17.6 Å². The summed E-state index contributed by atoms with van der Waals surface area (Å²) in [4.78, 5) is 4.27. The molecule has 0 amide bonds. The zero-order chi connectivity index (χ0) is 14.5. The second-order valence-electron chi connectivity index (χ2n) is 4.03. The number of aryl methyl sites for hydroxylation is 1. The van der Waals surface area contributed by atoms with Crippen LogP contribution in [-0.4, -0.2) is 16.3 Å². The van der Waals surface area contributed by atoms with Gasteiger partial charge >= 0.3 is 0 Å². The van der Waals surface area contributed by atoms with Gasteiger partial charge in [0.25, 0.3) is 0 Å². The van der Waals surface area contributed by atoms with Gasteiger partial charge in [-0.1, -0.05) is 17.7 Å². The number of nitrogens with zero attached hydrogens (tertiary/aromatic N) is 2. The van der Waals surface area contributed by atoms with Crippen molar-refractivity contribution in [1.29, 1.82) is 0 Å². The van der Waals surface area contributed by atoms with Crippen molar-refractivity contribution in [1.82, 2.24) is 10.4 Å². The van der Waals surface area contributed by atoms with Crippen molar-refractivity contribution in [3.8, 4) is 0 Å². The van der Waals surface area contributed by atoms with Crippen LogP contribution >= 0.6 is 35.2 Å². The minimum atomic E-state index is 0.401. The van der Waals surface area contributed by atoms with Crippen LogP contribution in [0.5, 0.6) is 0 Å². The van der Waals surface area contributed by atoms with Crippen LogP contribution in [0.25, 0.3) is 0 Å². The smallest absolute Gasteiger partial charge is 0.191 e. The van der Waals surface area contributed by atoms with Gasteiger partial charge in [-0.2, -0.15) is 5.10 Å². The molecule has 7 heteroatoms. The van der Waals surface area contributed by atoms with E-state index in [-0.39, 0.29) is 0 Å². The molecule has 20 heavy (non-hydrogen) atoms. The highest BCUT2D eigenvalue weighted by Crippen LogP contribution is 2.22. The molecule has 0 bridgehead atoms. The van der Waals surface area contributed by atoms with Gasteiger partial charge in [0.1, 0.15) is 0 Å². The van der Waals surface area contributed by atoms with E-state index in [0.29, 0.717) is 10.1 Å². The normalized spacial score (nSPS) is 10.8. The Hall–Kier alpha value is -1.50. The van der Waals surface area contributed by atoms with E-state index >= 15 is 0 Å². The fraction of sp³-hybridized carbons (Fsp3) is 0.154. The number of aromatic nitrogens is 1. The van der Waals surface area contributed by atoms with E-state index in [4.69, 9.17) is 23.8 Å². The number of anilines is 1. The van der Waals surface area contributed by atoms with E-state index in [0.717, 1.165) is 22.0 Å². The third-order valence-electron chi connectivity index (χ3n) is 2.52. The molecular formula is C13H13ClN4S2. The number of hydrogen-bond acceptors (Lipinski definition) is 4. The number of rotatable bonds is 3. The summed E-state index contributed by atoms with van der Waals surface area (Å²) in [6.07, 6.45) is 1.63. The zero-order valence-corrected chi connectivity index (χ0v) is 13.4. The first-order valence-electron chi connectivity index (χ1n) is 5.83. The predicted molar refractivity (Wildman–Crippen MR) is 90.0 cm³/mol. The summed E-state index contributed by atoms with van der Waals surface area (Å²) >= 11 is 12.8. The van der Waals surface area contributed by atoms with Crippen LogP contribution in [-0.2, 0) is 0 Å². The number of thiazole rings is 1. The van der Waals surface area contributed by atoms with E-state index in [1.165, 1.54) is 0 Å². The van der Waals surface area contributed by atoms with Crippen molar-refractivity contribution in [3.63, 3.8) is 0 Å². The average molecular weight is 325 g/mol. The molecule has 1 aromatic heterocycles. The van der Waals surface area contributed by atoms with Crippen molar-refractivity contribution < 1.29 is 0 Å². The second-order valence-corrected chi connectivity index (χ2v) is 5.91. The molecule has 0 radical (unpaired) electrons. The number of thiocarbonyl (C=S) groups is 1. The molecule has 1 heterocycles. The number of hydrazone groups is 1. The number of benzene rings is 1. The molecular weight excluding hydrogens is 312 g/mol. The SMILES string of the molecule is Cc1nc(/C=N/NC(=S)Nc2cccc(Cl)c2C)cs1. The Kier molecular flexibility index (Phi) is 5.05. The molecule has 0 spiro atoms. The summed E-state index contributed by atoms with van der Waals surface area (Å²) < 4.78 is 0. The molecule has 2 N–H and O–H groups in total. The van der Waals surface area contributed by atoms with E-state index < -0.39 is 0 Å². The fourth-order valence-corrected chi connectivity index (χ4v) is 2.39. The summed E-state index contributed by atoms with van der Waals surface area (Å²) in [6, 6.07) is 5.60. The topological polar surface area (TPSA) is 49.3 Å². The Morgan fingerprint density at radius 2 is 2.25 bits per heavy atom. The van der Waals surface area contributed by atoms with Crippen molar-refractivity contribution in [2.75, 3.05) is 5.32 Å².